The molecule has 1 aliphatic carbocycles. The Balaban J connectivity index is 2.05. The minimum Gasteiger partial charge on any atom is -0.465 e. The van der Waals surface area contributed by atoms with Crippen molar-refractivity contribution in [3.05, 3.63) is 12.2 Å². The van der Waals surface area contributed by atoms with Crippen molar-refractivity contribution < 1.29 is 9.53 Å². The van der Waals surface area contributed by atoms with Crippen LogP contribution in [0, 0.1) is 5.92 Å². The van der Waals surface area contributed by atoms with E-state index in [4.69, 9.17) is 4.74 Å². The van der Waals surface area contributed by atoms with Gasteiger partial charge in [-0.3, -0.25) is 9.69 Å². The number of allylic oxidation sites excluding steroid dienone is 2. The van der Waals surface area contributed by atoms with Crippen molar-refractivity contribution in [2.75, 3.05) is 32.8 Å². The summed E-state index contributed by atoms with van der Waals surface area (Å²) in [5, 5.41) is 3.34. The molecule has 0 aromatic carbocycles. The lowest BCUT2D eigenvalue weighted by molar-refractivity contribution is -0.152. The zero-order valence-electron chi connectivity index (χ0n) is 11.2. The minimum absolute atomic E-state index is 0.0281. The predicted molar refractivity (Wildman–Crippen MR) is 71.3 cm³/mol. The standard InChI is InChI=1S/C14H24N2O2/c1-2-18-14(17)13(12-6-4-3-5-7-12)16-10-8-15-9-11-16/h3-4,12-13,15H,2,5-11H2,1H3. The van der Waals surface area contributed by atoms with Crippen LogP contribution in [-0.4, -0.2) is 49.7 Å². The average Bonchev–Trinajstić information content (AvgIpc) is 2.42. The lowest BCUT2D eigenvalue weighted by Crippen LogP contribution is -2.54. The van der Waals surface area contributed by atoms with Gasteiger partial charge >= 0.3 is 5.97 Å². The smallest absolute Gasteiger partial charge is 0.323 e. The highest BCUT2D eigenvalue weighted by Crippen LogP contribution is 2.26. The summed E-state index contributed by atoms with van der Waals surface area (Å²) in [5.41, 5.74) is 0. The molecule has 0 radical (unpaired) electrons. The SMILES string of the molecule is CCOC(=O)C(C1CC=CCC1)N1CCNCC1. The number of nitrogens with one attached hydrogen (secondary N) is 1. The van der Waals surface area contributed by atoms with Crippen molar-refractivity contribution in [3.63, 3.8) is 0 Å². The second-order valence-electron chi connectivity index (χ2n) is 5.03. The molecule has 4 heteroatoms. The summed E-state index contributed by atoms with van der Waals surface area (Å²) in [4.78, 5) is 14.5. The van der Waals surface area contributed by atoms with Crippen molar-refractivity contribution >= 4 is 5.97 Å². The highest BCUT2D eigenvalue weighted by atomic mass is 16.5. The summed E-state index contributed by atoms with van der Waals surface area (Å²) in [7, 11) is 0. The molecule has 1 fully saturated rings. The fourth-order valence-corrected chi connectivity index (χ4v) is 2.93. The molecule has 1 N–H and O–H groups in total. The fraction of sp³-hybridized carbons (Fsp3) is 0.786. The summed E-state index contributed by atoms with van der Waals surface area (Å²) in [6.45, 7) is 6.20. The minimum atomic E-state index is -0.0444. The van der Waals surface area contributed by atoms with Gasteiger partial charge in [0, 0.05) is 26.2 Å². The number of carbonyl (C=O) groups is 1. The van der Waals surface area contributed by atoms with Gasteiger partial charge in [0.15, 0.2) is 0 Å². The van der Waals surface area contributed by atoms with E-state index in [9.17, 15) is 4.79 Å². The second-order valence-corrected chi connectivity index (χ2v) is 5.03. The number of hydrogen-bond acceptors (Lipinski definition) is 4. The Morgan fingerprint density at radius 2 is 2.22 bits per heavy atom. The molecule has 0 amide bonds. The quantitative estimate of drug-likeness (QED) is 0.602. The molecule has 102 valence electrons. The molecule has 1 heterocycles. The van der Waals surface area contributed by atoms with Gasteiger partial charge in [-0.15, -0.1) is 0 Å². The van der Waals surface area contributed by atoms with Crippen LogP contribution in [0.2, 0.25) is 0 Å². The highest BCUT2D eigenvalue weighted by molar-refractivity contribution is 5.76. The monoisotopic (exact) mass is 252 g/mol. The molecule has 1 aliphatic heterocycles. The van der Waals surface area contributed by atoms with E-state index in [1.54, 1.807) is 0 Å². The lowest BCUT2D eigenvalue weighted by atomic mass is 9.86. The van der Waals surface area contributed by atoms with Crippen LogP contribution in [-0.2, 0) is 9.53 Å². The molecule has 0 aromatic rings. The number of ether oxygens (including phenoxy) is 1. The van der Waals surface area contributed by atoms with Crippen LogP contribution in [0.4, 0.5) is 0 Å². The molecule has 2 unspecified atom stereocenters. The zero-order chi connectivity index (χ0) is 12.8. The summed E-state index contributed by atoms with van der Waals surface area (Å²) in [6, 6.07) is -0.0444. The van der Waals surface area contributed by atoms with Crippen LogP contribution in [0.5, 0.6) is 0 Å². The van der Waals surface area contributed by atoms with Gasteiger partial charge in [0.25, 0.3) is 0 Å². The molecule has 2 rings (SSSR count). The molecule has 0 spiro atoms. The summed E-state index contributed by atoms with van der Waals surface area (Å²) in [6.07, 6.45) is 7.63. The van der Waals surface area contributed by atoms with Crippen LogP contribution >= 0.6 is 0 Å². The maximum atomic E-state index is 12.2. The Hall–Kier alpha value is -0.870. The van der Waals surface area contributed by atoms with Crippen molar-refractivity contribution in [2.24, 2.45) is 5.92 Å². The first kappa shape index (κ1) is 13.6. The fourth-order valence-electron chi connectivity index (χ4n) is 2.93. The summed E-state index contributed by atoms with van der Waals surface area (Å²) >= 11 is 0. The van der Waals surface area contributed by atoms with E-state index in [-0.39, 0.29) is 12.0 Å². The van der Waals surface area contributed by atoms with Gasteiger partial charge in [0.05, 0.1) is 6.61 Å². The molecule has 0 bridgehead atoms. The second kappa shape index (κ2) is 6.90. The van der Waals surface area contributed by atoms with E-state index in [0.29, 0.717) is 12.5 Å². The summed E-state index contributed by atoms with van der Waals surface area (Å²) < 4.78 is 5.29. The van der Waals surface area contributed by atoms with E-state index in [1.807, 2.05) is 6.92 Å². The molecule has 0 aromatic heterocycles. The van der Waals surface area contributed by atoms with Gasteiger partial charge in [0.2, 0.25) is 0 Å². The predicted octanol–water partition coefficient (Wildman–Crippen LogP) is 1.18. The third-order valence-electron chi connectivity index (χ3n) is 3.83. The molecule has 4 nitrogen and oxygen atoms in total. The van der Waals surface area contributed by atoms with Crippen molar-refractivity contribution in [1.29, 1.82) is 0 Å². The molecular weight excluding hydrogens is 228 g/mol. The maximum absolute atomic E-state index is 12.2. The van der Waals surface area contributed by atoms with Crippen LogP contribution in [0.25, 0.3) is 0 Å². The van der Waals surface area contributed by atoms with Crippen LogP contribution in [0.1, 0.15) is 26.2 Å². The first-order valence-electron chi connectivity index (χ1n) is 7.09. The Morgan fingerprint density at radius 1 is 1.44 bits per heavy atom. The molecule has 18 heavy (non-hydrogen) atoms. The first-order chi connectivity index (χ1) is 8.83. The average molecular weight is 252 g/mol. The van der Waals surface area contributed by atoms with Crippen molar-refractivity contribution in [2.45, 2.75) is 32.2 Å². The normalized spacial score (nSPS) is 26.8. The summed E-state index contributed by atoms with van der Waals surface area (Å²) in [5.74, 6) is 0.395. The van der Waals surface area contributed by atoms with Gasteiger partial charge in [-0.2, -0.15) is 0 Å². The number of rotatable bonds is 4. The maximum Gasteiger partial charge on any atom is 0.323 e. The highest BCUT2D eigenvalue weighted by Gasteiger charge is 2.35. The lowest BCUT2D eigenvalue weighted by Gasteiger charge is -2.38. The van der Waals surface area contributed by atoms with E-state index < -0.39 is 0 Å². The topological polar surface area (TPSA) is 41.6 Å². The Labute approximate surface area is 109 Å². The van der Waals surface area contributed by atoms with Crippen molar-refractivity contribution in [3.8, 4) is 0 Å². The Morgan fingerprint density at radius 3 is 2.83 bits per heavy atom. The van der Waals surface area contributed by atoms with E-state index in [2.05, 4.69) is 22.4 Å². The van der Waals surface area contributed by atoms with Gasteiger partial charge in [0.1, 0.15) is 6.04 Å². The van der Waals surface area contributed by atoms with Gasteiger partial charge in [-0.1, -0.05) is 12.2 Å². The third-order valence-corrected chi connectivity index (χ3v) is 3.83. The number of carbonyl (C=O) groups excluding carboxylic acids is 1. The largest absolute Gasteiger partial charge is 0.465 e. The third kappa shape index (κ3) is 3.33. The van der Waals surface area contributed by atoms with E-state index >= 15 is 0 Å². The Bertz CT molecular complexity index is 298. The van der Waals surface area contributed by atoms with E-state index in [1.165, 1.54) is 0 Å². The van der Waals surface area contributed by atoms with Crippen LogP contribution < -0.4 is 5.32 Å². The van der Waals surface area contributed by atoms with Crippen LogP contribution in [0.15, 0.2) is 12.2 Å². The number of piperazine rings is 1. The van der Waals surface area contributed by atoms with Gasteiger partial charge in [-0.25, -0.2) is 0 Å². The number of hydrogen-bond donors (Lipinski definition) is 1. The molecule has 2 aliphatic rings. The van der Waals surface area contributed by atoms with Gasteiger partial charge in [-0.05, 0) is 32.1 Å². The molecule has 0 saturated carbocycles. The number of esters is 1. The Kier molecular flexibility index (Phi) is 5.20. The van der Waals surface area contributed by atoms with Gasteiger partial charge < -0.3 is 10.1 Å². The van der Waals surface area contributed by atoms with Crippen molar-refractivity contribution in [1.82, 2.24) is 10.2 Å². The zero-order valence-corrected chi connectivity index (χ0v) is 11.2. The molecular formula is C14H24N2O2. The van der Waals surface area contributed by atoms with E-state index in [0.717, 1.165) is 45.4 Å². The number of nitrogens with zero attached hydrogens (tertiary/aromatic N) is 1. The molecule has 2 atom stereocenters. The first-order valence-corrected chi connectivity index (χ1v) is 7.09. The van der Waals surface area contributed by atoms with Crippen LogP contribution in [0.3, 0.4) is 0 Å². The molecule has 1 saturated heterocycles.